The Morgan fingerprint density at radius 1 is 0.815 bits per heavy atom. The summed E-state index contributed by atoms with van der Waals surface area (Å²) in [4.78, 5) is 4.82. The SMILES string of the molecule is Fc1ccc(CN2CCCN(Cc3nnnn3-c3ccccc3)CC2)cc1. The van der Waals surface area contributed by atoms with Crippen molar-refractivity contribution in [1.82, 2.24) is 30.0 Å². The average molecular weight is 366 g/mol. The topological polar surface area (TPSA) is 50.1 Å². The molecule has 0 aliphatic carbocycles. The quantitative estimate of drug-likeness (QED) is 0.694. The molecule has 1 saturated heterocycles. The van der Waals surface area contributed by atoms with Gasteiger partial charge in [0.25, 0.3) is 0 Å². The van der Waals surface area contributed by atoms with Crippen LogP contribution in [0.5, 0.6) is 0 Å². The van der Waals surface area contributed by atoms with Gasteiger partial charge in [0.05, 0.1) is 12.2 Å². The molecular weight excluding hydrogens is 343 g/mol. The van der Waals surface area contributed by atoms with Crippen molar-refractivity contribution in [2.75, 3.05) is 26.2 Å². The summed E-state index contributed by atoms with van der Waals surface area (Å²) in [7, 11) is 0. The minimum Gasteiger partial charge on any atom is -0.298 e. The molecule has 0 N–H and O–H groups in total. The van der Waals surface area contributed by atoms with Crippen LogP contribution in [0.4, 0.5) is 4.39 Å². The maximum absolute atomic E-state index is 13.1. The number of para-hydroxylation sites is 1. The monoisotopic (exact) mass is 366 g/mol. The zero-order valence-corrected chi connectivity index (χ0v) is 15.2. The normalized spacial score (nSPS) is 16.3. The van der Waals surface area contributed by atoms with Crippen LogP contribution in [0.15, 0.2) is 54.6 Å². The van der Waals surface area contributed by atoms with E-state index in [0.29, 0.717) is 0 Å². The van der Waals surface area contributed by atoms with Crippen LogP contribution in [0.25, 0.3) is 5.69 Å². The maximum atomic E-state index is 13.1. The van der Waals surface area contributed by atoms with E-state index in [4.69, 9.17) is 0 Å². The molecule has 2 aromatic carbocycles. The number of hydrogen-bond donors (Lipinski definition) is 0. The van der Waals surface area contributed by atoms with Crippen LogP contribution in [-0.4, -0.2) is 56.2 Å². The van der Waals surface area contributed by atoms with Gasteiger partial charge in [0.2, 0.25) is 0 Å². The molecule has 2 heterocycles. The van der Waals surface area contributed by atoms with Crippen LogP contribution < -0.4 is 0 Å². The van der Waals surface area contributed by atoms with E-state index >= 15 is 0 Å². The van der Waals surface area contributed by atoms with E-state index in [9.17, 15) is 4.39 Å². The highest BCUT2D eigenvalue weighted by atomic mass is 19.1. The predicted molar refractivity (Wildman–Crippen MR) is 101 cm³/mol. The van der Waals surface area contributed by atoms with Crippen LogP contribution in [-0.2, 0) is 13.1 Å². The van der Waals surface area contributed by atoms with Crippen molar-refractivity contribution in [1.29, 1.82) is 0 Å². The standard InChI is InChI=1S/C20H23FN6/c21-18-9-7-17(8-10-18)15-25-11-4-12-26(14-13-25)16-20-22-23-24-27(20)19-5-2-1-3-6-19/h1-3,5-10H,4,11-16H2. The summed E-state index contributed by atoms with van der Waals surface area (Å²) in [5, 5.41) is 12.2. The van der Waals surface area contributed by atoms with E-state index in [-0.39, 0.29) is 5.82 Å². The van der Waals surface area contributed by atoms with E-state index < -0.39 is 0 Å². The molecule has 1 aromatic heterocycles. The number of nitrogens with zero attached hydrogens (tertiary/aromatic N) is 6. The summed E-state index contributed by atoms with van der Waals surface area (Å²) in [6, 6.07) is 16.8. The molecule has 0 unspecified atom stereocenters. The van der Waals surface area contributed by atoms with E-state index in [1.54, 1.807) is 4.68 Å². The van der Waals surface area contributed by atoms with Crippen LogP contribution >= 0.6 is 0 Å². The molecule has 0 atom stereocenters. The first kappa shape index (κ1) is 17.8. The van der Waals surface area contributed by atoms with Gasteiger partial charge < -0.3 is 0 Å². The van der Waals surface area contributed by atoms with Crippen molar-refractivity contribution in [2.24, 2.45) is 0 Å². The van der Waals surface area contributed by atoms with Crippen LogP contribution in [0.2, 0.25) is 0 Å². The molecule has 0 spiro atoms. The second-order valence-electron chi connectivity index (χ2n) is 6.87. The van der Waals surface area contributed by atoms with Gasteiger partial charge in [-0.25, -0.2) is 4.39 Å². The van der Waals surface area contributed by atoms with E-state index in [1.165, 1.54) is 12.1 Å². The molecule has 6 nitrogen and oxygen atoms in total. The Morgan fingerprint density at radius 3 is 2.26 bits per heavy atom. The third kappa shape index (κ3) is 4.56. The van der Waals surface area contributed by atoms with Gasteiger partial charge in [-0.15, -0.1) is 5.10 Å². The zero-order chi connectivity index (χ0) is 18.5. The fraction of sp³-hybridized carbons (Fsp3) is 0.350. The van der Waals surface area contributed by atoms with Crippen LogP contribution in [0.1, 0.15) is 17.8 Å². The number of tetrazole rings is 1. The highest BCUT2D eigenvalue weighted by Gasteiger charge is 2.18. The smallest absolute Gasteiger partial charge is 0.170 e. The number of rotatable bonds is 5. The molecule has 0 radical (unpaired) electrons. The second-order valence-corrected chi connectivity index (χ2v) is 6.87. The lowest BCUT2D eigenvalue weighted by Gasteiger charge is -2.21. The summed E-state index contributed by atoms with van der Waals surface area (Å²) in [5.74, 6) is 0.671. The fourth-order valence-corrected chi connectivity index (χ4v) is 3.46. The molecule has 0 saturated carbocycles. The summed E-state index contributed by atoms with van der Waals surface area (Å²) < 4.78 is 14.9. The first-order valence-electron chi connectivity index (χ1n) is 9.30. The highest BCUT2D eigenvalue weighted by Crippen LogP contribution is 2.13. The highest BCUT2D eigenvalue weighted by molar-refractivity contribution is 5.30. The predicted octanol–water partition coefficient (Wildman–Crippen LogP) is 2.51. The van der Waals surface area contributed by atoms with E-state index in [1.807, 2.05) is 42.5 Å². The molecule has 7 heteroatoms. The minimum absolute atomic E-state index is 0.183. The average Bonchev–Trinajstić information content (AvgIpc) is 3.05. The van der Waals surface area contributed by atoms with Crippen molar-refractivity contribution < 1.29 is 4.39 Å². The molecule has 1 aliphatic rings. The van der Waals surface area contributed by atoms with Crippen molar-refractivity contribution in [3.05, 3.63) is 71.8 Å². The Morgan fingerprint density at radius 2 is 1.52 bits per heavy atom. The Balaban J connectivity index is 1.37. The summed E-state index contributed by atoms with van der Waals surface area (Å²) in [5.41, 5.74) is 2.13. The lowest BCUT2D eigenvalue weighted by molar-refractivity contribution is 0.242. The largest absolute Gasteiger partial charge is 0.298 e. The molecule has 0 amide bonds. The Kier molecular flexibility index (Phi) is 5.50. The molecule has 4 rings (SSSR count). The van der Waals surface area contributed by atoms with Crippen LogP contribution in [0, 0.1) is 5.82 Å². The van der Waals surface area contributed by atoms with Gasteiger partial charge in [0.1, 0.15) is 5.82 Å². The van der Waals surface area contributed by atoms with Crippen molar-refractivity contribution in [3.8, 4) is 5.69 Å². The Hall–Kier alpha value is -2.64. The third-order valence-electron chi connectivity index (χ3n) is 4.90. The van der Waals surface area contributed by atoms with Crippen molar-refractivity contribution >= 4 is 0 Å². The molecule has 1 fully saturated rings. The van der Waals surface area contributed by atoms with E-state index in [0.717, 1.165) is 62.8 Å². The summed E-state index contributed by atoms with van der Waals surface area (Å²) >= 11 is 0. The van der Waals surface area contributed by atoms with Crippen LogP contribution in [0.3, 0.4) is 0 Å². The molecule has 140 valence electrons. The molecule has 3 aromatic rings. The van der Waals surface area contributed by atoms with Gasteiger partial charge in [-0.2, -0.15) is 4.68 Å². The van der Waals surface area contributed by atoms with Gasteiger partial charge in [-0.3, -0.25) is 9.80 Å². The number of benzene rings is 2. The van der Waals surface area contributed by atoms with Gasteiger partial charge in [0, 0.05) is 19.6 Å². The first-order valence-corrected chi connectivity index (χ1v) is 9.30. The molecule has 27 heavy (non-hydrogen) atoms. The number of halogens is 1. The van der Waals surface area contributed by atoms with E-state index in [2.05, 4.69) is 25.3 Å². The van der Waals surface area contributed by atoms with Crippen molar-refractivity contribution in [2.45, 2.75) is 19.5 Å². The van der Waals surface area contributed by atoms with Crippen molar-refractivity contribution in [3.63, 3.8) is 0 Å². The summed E-state index contributed by atoms with van der Waals surface area (Å²) in [6.45, 7) is 5.58. The number of hydrogen-bond acceptors (Lipinski definition) is 5. The third-order valence-corrected chi connectivity index (χ3v) is 4.90. The second kappa shape index (κ2) is 8.37. The van der Waals surface area contributed by atoms with Gasteiger partial charge >= 0.3 is 0 Å². The lowest BCUT2D eigenvalue weighted by Crippen LogP contribution is -2.31. The molecule has 0 bridgehead atoms. The minimum atomic E-state index is -0.183. The van der Waals surface area contributed by atoms with Gasteiger partial charge in [-0.05, 0) is 59.8 Å². The van der Waals surface area contributed by atoms with Gasteiger partial charge in [-0.1, -0.05) is 30.3 Å². The van der Waals surface area contributed by atoms with Gasteiger partial charge in [0.15, 0.2) is 5.82 Å². The molecule has 1 aliphatic heterocycles. The lowest BCUT2D eigenvalue weighted by atomic mass is 10.2. The zero-order valence-electron chi connectivity index (χ0n) is 15.2. The summed E-state index contributed by atoms with van der Waals surface area (Å²) in [6.07, 6.45) is 1.09. The Bertz CT molecular complexity index is 848. The maximum Gasteiger partial charge on any atom is 0.170 e. The Labute approximate surface area is 158 Å². The molecular formula is C20H23FN6. The number of aromatic nitrogens is 4. The first-order chi connectivity index (χ1) is 13.3. The fourth-order valence-electron chi connectivity index (χ4n) is 3.46.